The van der Waals surface area contributed by atoms with Gasteiger partial charge in [-0.05, 0) is 22.2 Å². The van der Waals surface area contributed by atoms with Crippen LogP contribution in [0, 0.1) is 5.82 Å². The van der Waals surface area contributed by atoms with Gasteiger partial charge in [0.1, 0.15) is 17.9 Å². The Morgan fingerprint density at radius 2 is 1.79 bits per heavy atom. The van der Waals surface area contributed by atoms with Crippen molar-refractivity contribution in [2.24, 2.45) is 0 Å². The minimum Gasteiger partial charge on any atom is -0.480 e. The van der Waals surface area contributed by atoms with E-state index in [0.29, 0.717) is 10.0 Å². The van der Waals surface area contributed by atoms with E-state index >= 15 is 0 Å². The van der Waals surface area contributed by atoms with Gasteiger partial charge in [-0.15, -0.1) is 0 Å². The predicted octanol–water partition coefficient (Wildman–Crippen LogP) is 1.74. The molecule has 130 valence electrons. The van der Waals surface area contributed by atoms with Crippen LogP contribution >= 0.6 is 15.9 Å². The SMILES string of the molecule is C=C(Br)C[C@@H](NC(=O)[C@H](Cc1ccc(F)cc1)NC(C)=O)C(=O)O. The summed E-state index contributed by atoms with van der Waals surface area (Å²) in [5, 5.41) is 14.0. The Labute approximate surface area is 147 Å². The topological polar surface area (TPSA) is 95.5 Å². The molecule has 0 spiro atoms. The van der Waals surface area contributed by atoms with Gasteiger partial charge in [0.05, 0.1) is 0 Å². The number of aliphatic carboxylic acids is 1. The van der Waals surface area contributed by atoms with Gasteiger partial charge in [0, 0.05) is 19.8 Å². The van der Waals surface area contributed by atoms with Crippen molar-refractivity contribution >= 4 is 33.7 Å². The third kappa shape index (κ3) is 6.91. The molecule has 0 aliphatic carbocycles. The lowest BCUT2D eigenvalue weighted by Crippen LogP contribution is -2.52. The van der Waals surface area contributed by atoms with E-state index in [1.165, 1.54) is 31.2 Å². The fourth-order valence-corrected chi connectivity index (χ4v) is 2.33. The second kappa shape index (κ2) is 9.17. The van der Waals surface area contributed by atoms with Crippen LogP contribution in [0.15, 0.2) is 35.3 Å². The van der Waals surface area contributed by atoms with E-state index in [4.69, 9.17) is 5.11 Å². The van der Waals surface area contributed by atoms with E-state index in [9.17, 15) is 18.8 Å². The van der Waals surface area contributed by atoms with E-state index in [2.05, 4.69) is 33.1 Å². The van der Waals surface area contributed by atoms with Crippen molar-refractivity contribution in [1.82, 2.24) is 10.6 Å². The molecule has 1 aromatic rings. The van der Waals surface area contributed by atoms with Crippen molar-refractivity contribution in [3.8, 4) is 0 Å². The van der Waals surface area contributed by atoms with E-state index < -0.39 is 35.7 Å². The van der Waals surface area contributed by atoms with Crippen LogP contribution in [0.5, 0.6) is 0 Å². The summed E-state index contributed by atoms with van der Waals surface area (Å²) < 4.78 is 13.4. The minimum atomic E-state index is -1.22. The van der Waals surface area contributed by atoms with Crippen LogP contribution in [0.1, 0.15) is 18.9 Å². The first-order chi connectivity index (χ1) is 11.2. The van der Waals surface area contributed by atoms with E-state index in [-0.39, 0.29) is 12.8 Å². The van der Waals surface area contributed by atoms with Gasteiger partial charge in [0.25, 0.3) is 0 Å². The molecule has 0 saturated heterocycles. The molecule has 0 aliphatic heterocycles. The lowest BCUT2D eigenvalue weighted by Gasteiger charge is -2.21. The van der Waals surface area contributed by atoms with Crippen LogP contribution in [0.4, 0.5) is 4.39 Å². The zero-order valence-corrected chi connectivity index (χ0v) is 14.6. The van der Waals surface area contributed by atoms with Gasteiger partial charge in [0.2, 0.25) is 11.8 Å². The number of carbonyl (C=O) groups excluding carboxylic acids is 2. The van der Waals surface area contributed by atoms with Gasteiger partial charge in [-0.3, -0.25) is 9.59 Å². The first kappa shape index (κ1) is 19.8. The van der Waals surface area contributed by atoms with Crippen molar-refractivity contribution < 1.29 is 23.9 Å². The number of carboxylic acids is 1. The van der Waals surface area contributed by atoms with Gasteiger partial charge >= 0.3 is 5.97 Å². The van der Waals surface area contributed by atoms with Crippen LogP contribution < -0.4 is 10.6 Å². The van der Waals surface area contributed by atoms with Gasteiger partial charge < -0.3 is 15.7 Å². The molecule has 0 radical (unpaired) electrons. The summed E-state index contributed by atoms with van der Waals surface area (Å²) in [4.78, 5) is 34.9. The number of carbonyl (C=O) groups is 3. The summed E-state index contributed by atoms with van der Waals surface area (Å²) in [7, 11) is 0. The Morgan fingerprint density at radius 1 is 1.21 bits per heavy atom. The summed E-state index contributed by atoms with van der Waals surface area (Å²) in [6.07, 6.45) is 0.109. The molecule has 3 N–H and O–H groups in total. The molecule has 0 saturated carbocycles. The largest absolute Gasteiger partial charge is 0.480 e. The molecule has 1 rings (SSSR count). The molecule has 0 fully saturated rings. The summed E-state index contributed by atoms with van der Waals surface area (Å²) in [6.45, 7) is 4.80. The van der Waals surface area contributed by atoms with Gasteiger partial charge in [-0.1, -0.05) is 34.6 Å². The Hall–Kier alpha value is -2.22. The van der Waals surface area contributed by atoms with Crippen molar-refractivity contribution in [1.29, 1.82) is 0 Å². The molecule has 2 amide bonds. The average Bonchev–Trinajstić information content (AvgIpc) is 2.47. The van der Waals surface area contributed by atoms with Gasteiger partial charge in [-0.2, -0.15) is 0 Å². The Morgan fingerprint density at radius 3 is 2.25 bits per heavy atom. The highest BCUT2D eigenvalue weighted by Gasteiger charge is 2.26. The van der Waals surface area contributed by atoms with Crippen LogP contribution in [-0.4, -0.2) is 35.0 Å². The summed E-state index contributed by atoms with van der Waals surface area (Å²) >= 11 is 3.06. The average molecular weight is 401 g/mol. The zero-order chi connectivity index (χ0) is 18.3. The summed E-state index contributed by atoms with van der Waals surface area (Å²) in [5.74, 6) is -2.71. The van der Waals surface area contributed by atoms with E-state index in [0.717, 1.165) is 0 Å². The molecular weight excluding hydrogens is 383 g/mol. The lowest BCUT2D eigenvalue weighted by molar-refractivity contribution is -0.142. The monoisotopic (exact) mass is 400 g/mol. The zero-order valence-electron chi connectivity index (χ0n) is 13.0. The molecule has 1 aromatic carbocycles. The lowest BCUT2D eigenvalue weighted by atomic mass is 10.0. The Bertz CT molecular complexity index is 633. The number of rotatable bonds is 8. The second-order valence-electron chi connectivity index (χ2n) is 5.20. The number of benzene rings is 1. The number of hydrogen-bond acceptors (Lipinski definition) is 3. The van der Waals surface area contributed by atoms with E-state index in [1.54, 1.807) is 0 Å². The Balaban J connectivity index is 2.87. The van der Waals surface area contributed by atoms with Crippen LogP contribution in [0.25, 0.3) is 0 Å². The fourth-order valence-electron chi connectivity index (χ4n) is 2.00. The highest BCUT2D eigenvalue weighted by Crippen LogP contribution is 2.11. The molecule has 0 unspecified atom stereocenters. The number of halogens is 2. The predicted molar refractivity (Wildman–Crippen MR) is 90.0 cm³/mol. The van der Waals surface area contributed by atoms with Crippen LogP contribution in [0.2, 0.25) is 0 Å². The molecule has 0 aliphatic rings. The number of carboxylic acid groups (broad SMARTS) is 1. The minimum absolute atomic E-state index is 0.00438. The van der Waals surface area contributed by atoms with E-state index in [1.807, 2.05) is 0 Å². The highest BCUT2D eigenvalue weighted by atomic mass is 79.9. The van der Waals surface area contributed by atoms with Gasteiger partial charge in [-0.25, -0.2) is 9.18 Å². The summed E-state index contributed by atoms with van der Waals surface area (Å²) in [6, 6.07) is 3.32. The maximum Gasteiger partial charge on any atom is 0.326 e. The van der Waals surface area contributed by atoms with Crippen molar-refractivity contribution in [2.45, 2.75) is 31.8 Å². The normalized spacial score (nSPS) is 12.8. The van der Waals surface area contributed by atoms with Crippen molar-refractivity contribution in [2.75, 3.05) is 0 Å². The molecule has 0 bridgehead atoms. The second-order valence-corrected chi connectivity index (χ2v) is 6.33. The van der Waals surface area contributed by atoms with Gasteiger partial charge in [0.15, 0.2) is 0 Å². The van der Waals surface area contributed by atoms with Crippen molar-refractivity contribution in [3.63, 3.8) is 0 Å². The molecule has 6 nitrogen and oxygen atoms in total. The first-order valence-corrected chi connectivity index (χ1v) is 7.86. The van der Waals surface area contributed by atoms with Crippen LogP contribution in [-0.2, 0) is 20.8 Å². The fraction of sp³-hybridized carbons (Fsp3) is 0.312. The third-order valence-corrected chi connectivity index (χ3v) is 3.41. The quantitative estimate of drug-likeness (QED) is 0.619. The third-order valence-electron chi connectivity index (χ3n) is 3.09. The van der Waals surface area contributed by atoms with Crippen molar-refractivity contribution in [3.05, 3.63) is 46.7 Å². The highest BCUT2D eigenvalue weighted by molar-refractivity contribution is 9.11. The molecule has 8 heteroatoms. The maximum absolute atomic E-state index is 12.9. The summed E-state index contributed by atoms with van der Waals surface area (Å²) in [5.41, 5.74) is 0.627. The first-order valence-electron chi connectivity index (χ1n) is 7.07. The maximum atomic E-state index is 12.9. The number of nitrogens with one attached hydrogen (secondary N) is 2. The molecular formula is C16H18BrFN2O4. The Kier molecular flexibility index (Phi) is 7.57. The standard InChI is InChI=1S/C16H18BrFN2O4/c1-9(17)7-14(16(23)24)20-15(22)13(19-10(2)21)8-11-3-5-12(18)6-4-11/h3-6,13-14H,1,7-8H2,2H3,(H,19,21)(H,20,22)(H,23,24)/t13-,14+/m0/s1. The molecule has 24 heavy (non-hydrogen) atoms. The number of amides is 2. The molecule has 0 aromatic heterocycles. The van der Waals surface area contributed by atoms with Crippen LogP contribution in [0.3, 0.4) is 0 Å². The molecule has 2 atom stereocenters. The number of hydrogen-bond donors (Lipinski definition) is 3. The smallest absolute Gasteiger partial charge is 0.326 e. The molecule has 0 heterocycles.